The van der Waals surface area contributed by atoms with E-state index < -0.39 is 0 Å². The van der Waals surface area contributed by atoms with Crippen molar-refractivity contribution in [1.82, 2.24) is 9.97 Å². The van der Waals surface area contributed by atoms with Crippen molar-refractivity contribution in [2.75, 3.05) is 4.90 Å². The van der Waals surface area contributed by atoms with E-state index in [1.807, 2.05) is 30.3 Å². The summed E-state index contributed by atoms with van der Waals surface area (Å²) in [5.74, 6) is -0.593. The quantitative estimate of drug-likeness (QED) is 0.385. The van der Waals surface area contributed by atoms with Crippen molar-refractivity contribution in [2.24, 2.45) is 0 Å². The smallest absolute Gasteiger partial charge is 0.253 e. The highest BCUT2D eigenvalue weighted by atomic mass is 35.5. The highest BCUT2D eigenvalue weighted by Gasteiger charge is 2.19. The van der Waals surface area contributed by atoms with Crippen LogP contribution in [0.2, 0.25) is 5.02 Å². The first-order chi connectivity index (χ1) is 14.1. The molecule has 0 aliphatic carbocycles. The van der Waals surface area contributed by atoms with Gasteiger partial charge in [0.1, 0.15) is 5.82 Å². The zero-order chi connectivity index (χ0) is 20.2. The Morgan fingerprint density at radius 1 is 1.17 bits per heavy atom. The Labute approximate surface area is 175 Å². The molecular weight excluding hydrogens is 409 g/mol. The predicted octanol–water partition coefficient (Wildman–Crippen LogP) is 5.73. The van der Waals surface area contributed by atoms with Crippen LogP contribution in [0, 0.1) is 5.82 Å². The number of anilines is 1. The number of rotatable bonds is 5. The van der Waals surface area contributed by atoms with Crippen molar-refractivity contribution in [3.05, 3.63) is 95.0 Å². The van der Waals surface area contributed by atoms with Crippen molar-refractivity contribution in [2.45, 2.75) is 6.54 Å². The Bertz CT molecular complexity index is 1190. The molecule has 0 aliphatic rings. The number of nitrogens with zero attached hydrogens (tertiary/aromatic N) is 3. The van der Waals surface area contributed by atoms with Gasteiger partial charge in [-0.1, -0.05) is 47.2 Å². The highest BCUT2D eigenvalue weighted by Crippen LogP contribution is 2.30. The summed E-state index contributed by atoms with van der Waals surface area (Å²) in [6.07, 6.45) is 6.51. The molecule has 2 aromatic heterocycles. The molecule has 144 valence electrons. The van der Waals surface area contributed by atoms with Crippen molar-refractivity contribution in [1.29, 1.82) is 0 Å². The number of hydrogen-bond acceptors (Lipinski definition) is 4. The number of aromatic nitrogens is 2. The monoisotopic (exact) mass is 423 g/mol. The van der Waals surface area contributed by atoms with E-state index in [0.717, 1.165) is 11.1 Å². The lowest BCUT2D eigenvalue weighted by Gasteiger charge is -2.18. The first-order valence-corrected chi connectivity index (χ1v) is 9.99. The van der Waals surface area contributed by atoms with Crippen molar-refractivity contribution in [3.8, 4) is 0 Å². The standard InChI is InChI=1S/C22H15ClFN3OS/c23-18-6-2-1-5-16(18)7-10-21(28)27(14-15-4-3-11-25-13-15)22-26-19-9-8-17(24)12-20(19)29-22/h1-13H,14H2/b10-7+. The number of fused-ring (bicyclic) bond motifs is 1. The first-order valence-electron chi connectivity index (χ1n) is 8.79. The molecule has 0 unspecified atom stereocenters. The molecule has 1 amide bonds. The fraction of sp³-hybridized carbons (Fsp3) is 0.0455. The SMILES string of the molecule is O=C(/C=C/c1ccccc1Cl)N(Cc1cccnc1)c1nc2ccc(F)cc2s1. The van der Waals surface area contributed by atoms with E-state index in [-0.39, 0.29) is 11.7 Å². The number of hydrogen-bond donors (Lipinski definition) is 0. The van der Waals surface area contributed by atoms with Gasteiger partial charge in [0.15, 0.2) is 5.13 Å². The van der Waals surface area contributed by atoms with Crippen LogP contribution in [0.3, 0.4) is 0 Å². The summed E-state index contributed by atoms with van der Waals surface area (Å²) in [7, 11) is 0. The summed E-state index contributed by atoms with van der Waals surface area (Å²) in [6.45, 7) is 0.293. The number of pyridine rings is 1. The van der Waals surface area contributed by atoms with Crippen LogP contribution in [0.15, 0.2) is 73.1 Å². The van der Waals surface area contributed by atoms with Gasteiger partial charge in [-0.05, 0) is 47.5 Å². The summed E-state index contributed by atoms with van der Waals surface area (Å²) < 4.78 is 14.2. The summed E-state index contributed by atoms with van der Waals surface area (Å²) in [5.41, 5.74) is 2.25. The van der Waals surface area contributed by atoms with Crippen molar-refractivity contribution >= 4 is 50.3 Å². The lowest BCUT2D eigenvalue weighted by molar-refractivity contribution is -0.114. The molecular formula is C22H15ClFN3OS. The number of benzene rings is 2. The third-order valence-electron chi connectivity index (χ3n) is 4.21. The molecule has 0 saturated heterocycles. The van der Waals surface area contributed by atoms with Gasteiger partial charge >= 0.3 is 0 Å². The molecule has 7 heteroatoms. The maximum Gasteiger partial charge on any atom is 0.253 e. The number of halogens is 2. The Balaban J connectivity index is 1.69. The van der Waals surface area contributed by atoms with Gasteiger partial charge in [0.2, 0.25) is 0 Å². The summed E-state index contributed by atoms with van der Waals surface area (Å²) >= 11 is 7.44. The Morgan fingerprint density at radius 2 is 2.03 bits per heavy atom. The normalized spacial score (nSPS) is 11.2. The maximum absolute atomic E-state index is 13.6. The Morgan fingerprint density at radius 3 is 2.83 bits per heavy atom. The van der Waals surface area contributed by atoms with Crippen LogP contribution in [0.1, 0.15) is 11.1 Å². The molecule has 0 fully saturated rings. The van der Waals surface area contributed by atoms with Gasteiger partial charge in [0.05, 0.1) is 16.8 Å². The minimum absolute atomic E-state index is 0.256. The maximum atomic E-state index is 13.6. The fourth-order valence-corrected chi connectivity index (χ4v) is 3.97. The summed E-state index contributed by atoms with van der Waals surface area (Å²) in [4.78, 5) is 23.2. The van der Waals surface area contributed by atoms with E-state index in [1.165, 1.54) is 29.5 Å². The van der Waals surface area contributed by atoms with E-state index in [4.69, 9.17) is 11.6 Å². The molecule has 0 spiro atoms. The summed E-state index contributed by atoms with van der Waals surface area (Å²) in [5, 5.41) is 1.05. The molecule has 0 aliphatic heterocycles. The van der Waals surface area contributed by atoms with Gasteiger partial charge in [0, 0.05) is 23.5 Å². The zero-order valence-corrected chi connectivity index (χ0v) is 16.7. The molecule has 2 aromatic carbocycles. The highest BCUT2D eigenvalue weighted by molar-refractivity contribution is 7.22. The Kier molecular flexibility index (Phi) is 5.64. The van der Waals surface area contributed by atoms with Crippen LogP contribution in [0.25, 0.3) is 16.3 Å². The number of carbonyl (C=O) groups is 1. The second-order valence-corrected chi connectivity index (χ2v) is 7.67. The topological polar surface area (TPSA) is 46.1 Å². The largest absolute Gasteiger partial charge is 0.280 e. The van der Waals surface area contributed by atoms with Gasteiger partial charge in [-0.15, -0.1) is 0 Å². The van der Waals surface area contributed by atoms with Gasteiger partial charge in [0.25, 0.3) is 5.91 Å². The molecule has 0 bridgehead atoms. The molecule has 0 radical (unpaired) electrons. The van der Waals surface area contributed by atoms with Crippen LogP contribution < -0.4 is 4.90 Å². The zero-order valence-electron chi connectivity index (χ0n) is 15.1. The molecule has 4 rings (SSSR count). The third kappa shape index (κ3) is 4.50. The minimum atomic E-state index is -0.337. The van der Waals surface area contributed by atoms with E-state index >= 15 is 0 Å². The molecule has 0 saturated carbocycles. The molecule has 29 heavy (non-hydrogen) atoms. The van der Waals surface area contributed by atoms with Crippen LogP contribution in [-0.4, -0.2) is 15.9 Å². The lowest BCUT2D eigenvalue weighted by Crippen LogP contribution is -2.28. The van der Waals surface area contributed by atoms with Gasteiger partial charge in [-0.2, -0.15) is 0 Å². The van der Waals surface area contributed by atoms with Gasteiger partial charge in [-0.3, -0.25) is 14.7 Å². The molecule has 2 heterocycles. The van der Waals surface area contributed by atoms with Crippen LogP contribution in [0.5, 0.6) is 0 Å². The lowest BCUT2D eigenvalue weighted by atomic mass is 10.2. The van der Waals surface area contributed by atoms with Gasteiger partial charge < -0.3 is 0 Å². The number of amides is 1. The molecule has 0 N–H and O–H groups in total. The number of thiazole rings is 1. The van der Waals surface area contributed by atoms with E-state index in [9.17, 15) is 9.18 Å². The predicted molar refractivity (Wildman–Crippen MR) is 115 cm³/mol. The van der Waals surface area contributed by atoms with Crippen LogP contribution in [0.4, 0.5) is 9.52 Å². The Hall–Kier alpha value is -3.09. The van der Waals surface area contributed by atoms with E-state index in [2.05, 4.69) is 9.97 Å². The second kappa shape index (κ2) is 8.51. The third-order valence-corrected chi connectivity index (χ3v) is 5.60. The average Bonchev–Trinajstić information content (AvgIpc) is 3.14. The molecule has 4 aromatic rings. The van der Waals surface area contributed by atoms with Crippen LogP contribution >= 0.6 is 22.9 Å². The molecule has 4 nitrogen and oxygen atoms in total. The van der Waals surface area contributed by atoms with E-state index in [0.29, 0.717) is 26.9 Å². The minimum Gasteiger partial charge on any atom is -0.280 e. The fourth-order valence-electron chi connectivity index (χ4n) is 2.78. The van der Waals surface area contributed by atoms with E-state index in [1.54, 1.807) is 35.5 Å². The van der Waals surface area contributed by atoms with Gasteiger partial charge in [-0.25, -0.2) is 9.37 Å². The number of carbonyl (C=O) groups excluding carboxylic acids is 1. The first kappa shape index (κ1) is 19.2. The molecule has 0 atom stereocenters. The average molecular weight is 424 g/mol. The summed E-state index contributed by atoms with van der Waals surface area (Å²) in [6, 6.07) is 15.4. The van der Waals surface area contributed by atoms with Crippen molar-refractivity contribution in [3.63, 3.8) is 0 Å². The van der Waals surface area contributed by atoms with Crippen molar-refractivity contribution < 1.29 is 9.18 Å². The van der Waals surface area contributed by atoms with Crippen LogP contribution in [-0.2, 0) is 11.3 Å². The second-order valence-electron chi connectivity index (χ2n) is 6.25.